The molecule has 2 amide bonds. The number of carbonyl (C=O) groups excluding carboxylic acids is 3. The average molecular weight is 443 g/mol. The van der Waals surface area contributed by atoms with Gasteiger partial charge in [-0.2, -0.15) is 0 Å². The lowest BCUT2D eigenvalue weighted by Gasteiger charge is -2.23. The molecule has 0 unspecified atom stereocenters. The molecule has 0 aliphatic heterocycles. The molecule has 2 atom stereocenters. The normalized spacial score (nSPS) is 13.0. The van der Waals surface area contributed by atoms with Crippen LogP contribution in [0.4, 0.5) is 4.79 Å². The number of rotatable bonds is 8. The van der Waals surface area contributed by atoms with E-state index in [2.05, 4.69) is 10.6 Å². The highest BCUT2D eigenvalue weighted by Gasteiger charge is 2.26. The Hall–Kier alpha value is -2.80. The second kappa shape index (κ2) is 11.6. The van der Waals surface area contributed by atoms with Crippen LogP contribution >= 0.6 is 11.8 Å². The van der Waals surface area contributed by atoms with E-state index in [0.717, 1.165) is 11.1 Å². The maximum atomic E-state index is 12.9. The molecule has 0 saturated carbocycles. The van der Waals surface area contributed by atoms with Crippen molar-refractivity contribution in [3.05, 3.63) is 71.8 Å². The highest BCUT2D eigenvalue weighted by molar-refractivity contribution is 8.13. The number of nitrogens with one attached hydrogen (secondary N) is 2. The van der Waals surface area contributed by atoms with E-state index in [1.165, 1.54) is 11.8 Å². The highest BCUT2D eigenvalue weighted by atomic mass is 32.2. The minimum atomic E-state index is -0.847. The van der Waals surface area contributed by atoms with Gasteiger partial charge >= 0.3 is 6.09 Å². The Bertz CT molecular complexity index is 866. The fourth-order valence-corrected chi connectivity index (χ4v) is 3.56. The number of benzene rings is 2. The minimum absolute atomic E-state index is 0.134. The number of carbonyl (C=O) groups is 3. The Morgan fingerprint density at radius 1 is 0.903 bits per heavy atom. The smallest absolute Gasteiger partial charge is 0.408 e. The molecule has 6 nitrogen and oxygen atoms in total. The lowest BCUT2D eigenvalue weighted by atomic mass is 10.1. The molecule has 2 rings (SSSR count). The van der Waals surface area contributed by atoms with Crippen LogP contribution in [0.2, 0.25) is 0 Å². The summed E-state index contributed by atoms with van der Waals surface area (Å²) in [6.07, 6.45) is -0.314. The van der Waals surface area contributed by atoms with E-state index in [-0.39, 0.29) is 5.12 Å². The van der Waals surface area contributed by atoms with Crippen LogP contribution in [-0.2, 0) is 26.5 Å². The Balaban J connectivity index is 2.02. The molecule has 0 aliphatic carbocycles. The standard InChI is InChI=1S/C24H30N2O4S/c1-17(25-23(29)30-24(2,3)4)21(27)26-20(15-18-11-7-5-8-12-18)22(28)31-16-19-13-9-6-10-14-19/h5-14,17,20H,15-16H2,1-4H3,(H,25,29)(H,26,27)/t17-,20-/m0/s1. The topological polar surface area (TPSA) is 84.5 Å². The summed E-state index contributed by atoms with van der Waals surface area (Å²) in [5.74, 6) is 0.0764. The van der Waals surface area contributed by atoms with Gasteiger partial charge in [0.2, 0.25) is 11.0 Å². The third kappa shape index (κ3) is 9.26. The molecule has 0 aromatic heterocycles. The van der Waals surface area contributed by atoms with Gasteiger partial charge in [0.15, 0.2) is 0 Å². The van der Waals surface area contributed by atoms with Gasteiger partial charge in [-0.15, -0.1) is 0 Å². The van der Waals surface area contributed by atoms with Crippen LogP contribution in [0.15, 0.2) is 60.7 Å². The van der Waals surface area contributed by atoms with Crippen LogP contribution in [-0.4, -0.2) is 34.8 Å². The third-order valence-corrected chi connectivity index (χ3v) is 5.28. The number of amides is 2. The lowest BCUT2D eigenvalue weighted by Crippen LogP contribution is -2.51. The predicted octanol–water partition coefficient (Wildman–Crippen LogP) is 4.09. The molecule has 7 heteroatoms. The molecule has 0 fully saturated rings. The van der Waals surface area contributed by atoms with Gasteiger partial charge in [-0.1, -0.05) is 72.4 Å². The van der Waals surface area contributed by atoms with Crippen molar-refractivity contribution in [2.75, 3.05) is 0 Å². The van der Waals surface area contributed by atoms with Crippen LogP contribution in [0.25, 0.3) is 0 Å². The summed E-state index contributed by atoms with van der Waals surface area (Å²) in [7, 11) is 0. The summed E-state index contributed by atoms with van der Waals surface area (Å²) in [6.45, 7) is 6.79. The first kappa shape index (κ1) is 24.5. The Morgan fingerprint density at radius 3 is 2.00 bits per heavy atom. The lowest BCUT2D eigenvalue weighted by molar-refractivity contribution is -0.126. The van der Waals surface area contributed by atoms with E-state index in [9.17, 15) is 14.4 Å². The summed E-state index contributed by atoms with van der Waals surface area (Å²) in [5.41, 5.74) is 1.31. The molecule has 2 aromatic rings. The predicted molar refractivity (Wildman–Crippen MR) is 124 cm³/mol. The summed E-state index contributed by atoms with van der Waals surface area (Å²) >= 11 is 1.17. The van der Waals surface area contributed by atoms with Crippen molar-refractivity contribution in [2.45, 2.75) is 57.6 Å². The van der Waals surface area contributed by atoms with Gasteiger partial charge in [0.25, 0.3) is 0 Å². The molecule has 31 heavy (non-hydrogen) atoms. The Morgan fingerprint density at radius 2 is 1.45 bits per heavy atom. The molecule has 0 saturated heterocycles. The van der Waals surface area contributed by atoms with Crippen molar-refractivity contribution in [3.63, 3.8) is 0 Å². The number of hydrogen-bond acceptors (Lipinski definition) is 5. The van der Waals surface area contributed by atoms with Crippen LogP contribution in [0.3, 0.4) is 0 Å². The molecule has 0 bridgehead atoms. The van der Waals surface area contributed by atoms with Crippen LogP contribution in [0.1, 0.15) is 38.8 Å². The largest absolute Gasteiger partial charge is 0.444 e. The highest BCUT2D eigenvalue weighted by Crippen LogP contribution is 2.17. The zero-order chi connectivity index (χ0) is 22.9. The molecule has 166 valence electrons. The first-order valence-corrected chi connectivity index (χ1v) is 11.2. The SMILES string of the molecule is C[C@H](NC(=O)OC(C)(C)C)C(=O)N[C@@H](Cc1ccccc1)C(=O)SCc1ccccc1. The van der Waals surface area contributed by atoms with E-state index >= 15 is 0 Å². The fraction of sp³-hybridized carbons (Fsp3) is 0.375. The Kier molecular flexibility index (Phi) is 9.12. The van der Waals surface area contributed by atoms with E-state index in [1.807, 2.05) is 60.7 Å². The van der Waals surface area contributed by atoms with Crippen molar-refractivity contribution in [3.8, 4) is 0 Å². The second-order valence-electron chi connectivity index (χ2n) is 8.21. The summed E-state index contributed by atoms with van der Waals surface area (Å²) < 4.78 is 5.19. The molecular formula is C24H30N2O4S. The zero-order valence-electron chi connectivity index (χ0n) is 18.4. The Labute approximate surface area is 188 Å². The van der Waals surface area contributed by atoms with Gasteiger partial charge < -0.3 is 15.4 Å². The quantitative estimate of drug-likeness (QED) is 0.643. The number of thioether (sulfide) groups is 1. The number of alkyl carbamates (subject to hydrolysis) is 1. The van der Waals surface area contributed by atoms with E-state index in [4.69, 9.17) is 4.74 Å². The molecule has 0 aliphatic rings. The van der Waals surface area contributed by atoms with Gasteiger partial charge in [-0.05, 0) is 38.8 Å². The van der Waals surface area contributed by atoms with E-state index in [1.54, 1.807) is 27.7 Å². The molecule has 0 heterocycles. The van der Waals surface area contributed by atoms with Crippen molar-refractivity contribution >= 4 is 28.9 Å². The van der Waals surface area contributed by atoms with Crippen LogP contribution < -0.4 is 10.6 Å². The van der Waals surface area contributed by atoms with Gasteiger partial charge in [0.1, 0.15) is 17.7 Å². The average Bonchev–Trinajstić information content (AvgIpc) is 2.71. The summed E-state index contributed by atoms with van der Waals surface area (Å²) in [5, 5.41) is 5.17. The summed E-state index contributed by atoms with van der Waals surface area (Å²) in [6, 6.07) is 17.6. The molecular weight excluding hydrogens is 412 g/mol. The van der Waals surface area contributed by atoms with Crippen LogP contribution in [0.5, 0.6) is 0 Å². The van der Waals surface area contributed by atoms with Gasteiger partial charge in [-0.25, -0.2) is 4.79 Å². The second-order valence-corrected chi connectivity index (χ2v) is 9.19. The third-order valence-electron chi connectivity index (χ3n) is 4.23. The van der Waals surface area contributed by atoms with E-state index < -0.39 is 29.7 Å². The molecule has 2 N–H and O–H groups in total. The minimum Gasteiger partial charge on any atom is -0.444 e. The fourth-order valence-electron chi connectivity index (χ4n) is 2.72. The van der Waals surface area contributed by atoms with Gasteiger partial charge in [-0.3, -0.25) is 9.59 Å². The maximum absolute atomic E-state index is 12.9. The molecule has 0 spiro atoms. The van der Waals surface area contributed by atoms with Crippen molar-refractivity contribution in [2.24, 2.45) is 0 Å². The van der Waals surface area contributed by atoms with Crippen molar-refractivity contribution < 1.29 is 19.1 Å². The molecule has 0 radical (unpaired) electrons. The molecule has 2 aromatic carbocycles. The number of hydrogen-bond donors (Lipinski definition) is 2. The maximum Gasteiger partial charge on any atom is 0.408 e. The summed E-state index contributed by atoms with van der Waals surface area (Å²) in [4.78, 5) is 37.6. The van der Waals surface area contributed by atoms with Gasteiger partial charge in [0, 0.05) is 12.2 Å². The van der Waals surface area contributed by atoms with Crippen molar-refractivity contribution in [1.82, 2.24) is 10.6 Å². The zero-order valence-corrected chi connectivity index (χ0v) is 19.2. The van der Waals surface area contributed by atoms with Crippen LogP contribution in [0, 0.1) is 0 Å². The van der Waals surface area contributed by atoms with E-state index in [0.29, 0.717) is 12.2 Å². The van der Waals surface area contributed by atoms with Crippen molar-refractivity contribution in [1.29, 1.82) is 0 Å². The number of ether oxygens (including phenoxy) is 1. The monoisotopic (exact) mass is 442 g/mol. The van der Waals surface area contributed by atoms with Gasteiger partial charge in [0.05, 0.1) is 0 Å². The first-order chi connectivity index (χ1) is 14.6. The first-order valence-electron chi connectivity index (χ1n) is 10.2.